The molecule has 0 heterocycles. The molecule has 0 aliphatic heterocycles. The third-order valence-corrected chi connectivity index (χ3v) is 2.94. The zero-order valence-corrected chi connectivity index (χ0v) is 12.0. The zero-order chi connectivity index (χ0) is 14.3. The summed E-state index contributed by atoms with van der Waals surface area (Å²) >= 11 is 0. The molecule has 5 heteroatoms. The van der Waals surface area contributed by atoms with Crippen LogP contribution in [0.5, 0.6) is 0 Å². The van der Waals surface area contributed by atoms with E-state index >= 15 is 0 Å². The minimum atomic E-state index is -0.483. The van der Waals surface area contributed by atoms with Gasteiger partial charge in [0, 0.05) is 18.4 Å². The van der Waals surface area contributed by atoms with E-state index in [0.717, 1.165) is 0 Å². The number of carbonyl (C=O) groups excluding carboxylic acids is 2. The molecule has 2 amide bonds. The molecule has 0 saturated carbocycles. The Balaban J connectivity index is 4.08. The van der Waals surface area contributed by atoms with E-state index in [1.807, 2.05) is 27.7 Å². The van der Waals surface area contributed by atoms with Crippen molar-refractivity contribution in [2.24, 2.45) is 11.3 Å². The van der Waals surface area contributed by atoms with Gasteiger partial charge in [0.15, 0.2) is 0 Å². The summed E-state index contributed by atoms with van der Waals surface area (Å²) in [5.41, 5.74) is -0.390. The molecule has 0 saturated heterocycles. The van der Waals surface area contributed by atoms with Crippen LogP contribution < -0.4 is 10.6 Å². The lowest BCUT2D eigenvalue weighted by molar-refractivity contribution is -0.126. The maximum atomic E-state index is 11.5. The maximum absolute atomic E-state index is 11.5. The summed E-state index contributed by atoms with van der Waals surface area (Å²) in [6.45, 7) is 9.79. The topological polar surface area (TPSA) is 78.4 Å². The van der Waals surface area contributed by atoms with Crippen LogP contribution in [0.1, 0.15) is 41.0 Å². The van der Waals surface area contributed by atoms with Crippen LogP contribution in [0.4, 0.5) is 0 Å². The van der Waals surface area contributed by atoms with Crippen molar-refractivity contribution >= 4 is 11.8 Å². The van der Waals surface area contributed by atoms with Crippen molar-refractivity contribution in [3.8, 4) is 0 Å². The Bertz CT molecular complexity index is 288. The molecular formula is C13H26N2O3. The fourth-order valence-electron chi connectivity index (χ4n) is 1.70. The first kappa shape index (κ1) is 16.9. The predicted molar refractivity (Wildman–Crippen MR) is 70.9 cm³/mol. The van der Waals surface area contributed by atoms with Gasteiger partial charge < -0.3 is 15.7 Å². The van der Waals surface area contributed by atoms with Crippen LogP contribution in [-0.2, 0) is 9.59 Å². The third kappa shape index (κ3) is 6.00. The Labute approximate surface area is 109 Å². The SMILES string of the molecule is CCC(=O)NCC(=O)NCC(C)(C)C(O)C(C)C. The maximum Gasteiger partial charge on any atom is 0.239 e. The van der Waals surface area contributed by atoms with E-state index in [2.05, 4.69) is 10.6 Å². The minimum Gasteiger partial charge on any atom is -0.392 e. The van der Waals surface area contributed by atoms with Gasteiger partial charge >= 0.3 is 0 Å². The van der Waals surface area contributed by atoms with Gasteiger partial charge in [-0.25, -0.2) is 0 Å². The second kappa shape index (κ2) is 7.36. The molecule has 0 aliphatic carbocycles. The first-order valence-electron chi connectivity index (χ1n) is 6.42. The summed E-state index contributed by atoms with van der Waals surface area (Å²) in [7, 11) is 0. The Kier molecular flexibility index (Phi) is 6.91. The Morgan fingerprint density at radius 3 is 2.17 bits per heavy atom. The van der Waals surface area contributed by atoms with Crippen LogP contribution in [0.15, 0.2) is 0 Å². The highest BCUT2D eigenvalue weighted by Gasteiger charge is 2.30. The molecule has 5 nitrogen and oxygen atoms in total. The number of amides is 2. The van der Waals surface area contributed by atoms with Crippen LogP contribution in [-0.4, -0.2) is 36.1 Å². The van der Waals surface area contributed by atoms with Gasteiger partial charge in [-0.05, 0) is 5.92 Å². The van der Waals surface area contributed by atoms with Crippen LogP contribution in [0.25, 0.3) is 0 Å². The quantitative estimate of drug-likeness (QED) is 0.628. The summed E-state index contributed by atoms with van der Waals surface area (Å²) < 4.78 is 0. The van der Waals surface area contributed by atoms with Gasteiger partial charge in [0.25, 0.3) is 0 Å². The molecule has 0 rings (SSSR count). The molecule has 0 aliphatic rings. The highest BCUT2D eigenvalue weighted by molar-refractivity contribution is 5.84. The highest BCUT2D eigenvalue weighted by atomic mass is 16.3. The van der Waals surface area contributed by atoms with E-state index in [4.69, 9.17) is 0 Å². The lowest BCUT2D eigenvalue weighted by Crippen LogP contribution is -2.46. The largest absolute Gasteiger partial charge is 0.392 e. The van der Waals surface area contributed by atoms with E-state index in [0.29, 0.717) is 13.0 Å². The second-order valence-corrected chi connectivity index (χ2v) is 5.58. The zero-order valence-electron chi connectivity index (χ0n) is 12.0. The number of rotatable bonds is 7. The predicted octanol–water partition coefficient (Wildman–Crippen LogP) is 0.672. The van der Waals surface area contributed by atoms with Gasteiger partial charge in [0.05, 0.1) is 12.6 Å². The fourth-order valence-corrected chi connectivity index (χ4v) is 1.70. The van der Waals surface area contributed by atoms with Gasteiger partial charge in [-0.1, -0.05) is 34.6 Å². The molecule has 0 aromatic rings. The second-order valence-electron chi connectivity index (χ2n) is 5.58. The molecule has 0 radical (unpaired) electrons. The molecule has 3 N–H and O–H groups in total. The Morgan fingerprint density at radius 1 is 1.17 bits per heavy atom. The summed E-state index contributed by atoms with van der Waals surface area (Å²) in [5, 5.41) is 15.2. The number of carbonyl (C=O) groups is 2. The van der Waals surface area contributed by atoms with Crippen LogP contribution in [0.2, 0.25) is 0 Å². The summed E-state index contributed by atoms with van der Waals surface area (Å²) in [5.74, 6) is -0.246. The first-order valence-corrected chi connectivity index (χ1v) is 6.42. The molecule has 18 heavy (non-hydrogen) atoms. The molecule has 0 aromatic heterocycles. The highest BCUT2D eigenvalue weighted by Crippen LogP contribution is 2.24. The Hall–Kier alpha value is -1.10. The summed E-state index contributed by atoms with van der Waals surface area (Å²) in [6, 6.07) is 0. The van der Waals surface area contributed by atoms with Crippen LogP contribution in [0.3, 0.4) is 0 Å². The van der Waals surface area contributed by atoms with E-state index in [-0.39, 0.29) is 24.3 Å². The number of aliphatic hydroxyl groups is 1. The monoisotopic (exact) mass is 258 g/mol. The molecule has 0 fully saturated rings. The minimum absolute atomic E-state index is 0.0134. The molecule has 0 aromatic carbocycles. The van der Waals surface area contributed by atoms with Crippen molar-refractivity contribution in [1.82, 2.24) is 10.6 Å². The number of aliphatic hydroxyl groups excluding tert-OH is 1. The Morgan fingerprint density at radius 2 is 1.72 bits per heavy atom. The van der Waals surface area contributed by atoms with Crippen molar-refractivity contribution in [3.05, 3.63) is 0 Å². The van der Waals surface area contributed by atoms with Gasteiger partial charge in [-0.15, -0.1) is 0 Å². The summed E-state index contributed by atoms with van der Waals surface area (Å²) in [4.78, 5) is 22.5. The first-order chi connectivity index (χ1) is 8.20. The van der Waals surface area contributed by atoms with Crippen molar-refractivity contribution in [2.45, 2.75) is 47.1 Å². The number of hydrogen-bond donors (Lipinski definition) is 3. The van der Waals surface area contributed by atoms with E-state index in [9.17, 15) is 14.7 Å². The van der Waals surface area contributed by atoms with Crippen molar-refractivity contribution in [2.75, 3.05) is 13.1 Å². The molecule has 1 unspecified atom stereocenters. The van der Waals surface area contributed by atoms with Crippen LogP contribution >= 0.6 is 0 Å². The van der Waals surface area contributed by atoms with Gasteiger partial charge in [0.2, 0.25) is 11.8 Å². The van der Waals surface area contributed by atoms with Crippen LogP contribution in [0, 0.1) is 11.3 Å². The van der Waals surface area contributed by atoms with E-state index < -0.39 is 11.5 Å². The van der Waals surface area contributed by atoms with Gasteiger partial charge in [-0.2, -0.15) is 0 Å². The van der Waals surface area contributed by atoms with Crippen molar-refractivity contribution in [1.29, 1.82) is 0 Å². The van der Waals surface area contributed by atoms with E-state index in [1.54, 1.807) is 6.92 Å². The molecule has 106 valence electrons. The van der Waals surface area contributed by atoms with Crippen molar-refractivity contribution in [3.63, 3.8) is 0 Å². The number of nitrogens with one attached hydrogen (secondary N) is 2. The smallest absolute Gasteiger partial charge is 0.239 e. The molecular weight excluding hydrogens is 232 g/mol. The van der Waals surface area contributed by atoms with Gasteiger partial charge in [-0.3, -0.25) is 9.59 Å². The average Bonchev–Trinajstić information content (AvgIpc) is 2.32. The normalized spacial score (nSPS) is 13.3. The standard InChI is InChI=1S/C13H26N2O3/c1-6-10(16)14-7-11(17)15-8-13(4,5)12(18)9(2)3/h9,12,18H,6-8H2,1-5H3,(H,14,16)(H,15,17). The average molecular weight is 258 g/mol. The molecule has 1 atom stereocenters. The van der Waals surface area contributed by atoms with E-state index in [1.165, 1.54) is 0 Å². The summed E-state index contributed by atoms with van der Waals surface area (Å²) in [6.07, 6.45) is -0.117. The lowest BCUT2D eigenvalue weighted by atomic mass is 9.81. The third-order valence-electron chi connectivity index (χ3n) is 2.94. The fraction of sp³-hybridized carbons (Fsp3) is 0.846. The van der Waals surface area contributed by atoms with Crippen molar-refractivity contribution < 1.29 is 14.7 Å². The van der Waals surface area contributed by atoms with Gasteiger partial charge in [0.1, 0.15) is 0 Å². The lowest BCUT2D eigenvalue weighted by Gasteiger charge is -2.33. The molecule has 0 bridgehead atoms. The molecule has 0 spiro atoms. The number of hydrogen-bond acceptors (Lipinski definition) is 3.